The summed E-state index contributed by atoms with van der Waals surface area (Å²) in [4.78, 5) is 35.3. The highest BCUT2D eigenvalue weighted by Crippen LogP contribution is 2.18. The Hall–Kier alpha value is -3.00. The number of amides is 2. The summed E-state index contributed by atoms with van der Waals surface area (Å²) in [5.74, 6) is -0.107. The van der Waals surface area contributed by atoms with Crippen molar-refractivity contribution in [1.82, 2.24) is 0 Å². The lowest BCUT2D eigenvalue weighted by Crippen LogP contribution is -2.18. The molecule has 0 unspecified atom stereocenters. The number of rotatable bonds is 10. The summed E-state index contributed by atoms with van der Waals surface area (Å²) < 4.78 is 10.1. The van der Waals surface area contributed by atoms with Crippen LogP contribution in [0.25, 0.3) is 0 Å². The predicted octanol–water partition coefficient (Wildman–Crippen LogP) is 3.25. The van der Waals surface area contributed by atoms with E-state index in [1.807, 2.05) is 31.2 Å². The number of carbonyl (C=O) groups excluding carboxylic acids is 3. The molecule has 0 aliphatic heterocycles. The lowest BCUT2D eigenvalue weighted by Gasteiger charge is -2.09. The van der Waals surface area contributed by atoms with E-state index in [1.54, 1.807) is 31.2 Å². The zero-order chi connectivity index (χ0) is 21.1. The van der Waals surface area contributed by atoms with E-state index in [-0.39, 0.29) is 29.9 Å². The van der Waals surface area contributed by atoms with Crippen molar-refractivity contribution >= 4 is 40.9 Å². The molecule has 29 heavy (non-hydrogen) atoms. The zero-order valence-electron chi connectivity index (χ0n) is 16.4. The minimum absolute atomic E-state index is 0.134. The highest BCUT2D eigenvalue weighted by atomic mass is 32.2. The van der Waals surface area contributed by atoms with Gasteiger partial charge < -0.3 is 20.1 Å². The van der Waals surface area contributed by atoms with E-state index in [9.17, 15) is 14.4 Å². The third-order valence-electron chi connectivity index (χ3n) is 3.58. The summed E-state index contributed by atoms with van der Waals surface area (Å²) in [7, 11) is 0. The monoisotopic (exact) mass is 416 g/mol. The van der Waals surface area contributed by atoms with E-state index in [1.165, 1.54) is 11.8 Å². The Morgan fingerprint density at radius 3 is 2.24 bits per heavy atom. The maximum atomic E-state index is 12.1. The molecule has 0 radical (unpaired) electrons. The summed E-state index contributed by atoms with van der Waals surface area (Å²) >= 11 is 1.22. The molecule has 154 valence electrons. The van der Waals surface area contributed by atoms with Crippen LogP contribution in [-0.4, -0.2) is 42.5 Å². The van der Waals surface area contributed by atoms with Crippen LogP contribution >= 0.6 is 11.8 Å². The molecule has 0 spiro atoms. The quantitative estimate of drug-likeness (QED) is 0.578. The number of hydrogen-bond donors (Lipinski definition) is 2. The number of nitrogens with one attached hydrogen (secondary N) is 2. The summed E-state index contributed by atoms with van der Waals surface area (Å²) in [5, 5.41) is 5.52. The first-order chi connectivity index (χ1) is 14.0. The average molecular weight is 416 g/mol. The molecule has 2 rings (SSSR count). The molecule has 0 saturated carbocycles. The molecular formula is C21H24N2O5S. The fourth-order valence-electron chi connectivity index (χ4n) is 2.28. The standard InChI is InChI=1S/C21H24N2O5S/c1-3-27-21(26)12-28-18-6-4-5-17(11-18)23-20(25)14-29-13-19(24)22-16-9-7-15(2)8-10-16/h4-11H,3,12-14H2,1-2H3,(H,22,24)(H,23,25). The Labute approximate surface area is 174 Å². The van der Waals surface area contributed by atoms with Gasteiger partial charge in [-0.3, -0.25) is 9.59 Å². The number of aryl methyl sites for hydroxylation is 1. The van der Waals surface area contributed by atoms with Gasteiger partial charge in [-0.05, 0) is 38.1 Å². The van der Waals surface area contributed by atoms with Crippen LogP contribution in [0.4, 0.5) is 11.4 Å². The number of benzene rings is 2. The molecule has 0 saturated heterocycles. The van der Waals surface area contributed by atoms with Crippen molar-refractivity contribution in [2.45, 2.75) is 13.8 Å². The van der Waals surface area contributed by atoms with Crippen molar-refractivity contribution in [3.8, 4) is 5.75 Å². The minimum Gasteiger partial charge on any atom is -0.482 e. The van der Waals surface area contributed by atoms with E-state index in [2.05, 4.69) is 10.6 Å². The van der Waals surface area contributed by atoms with Gasteiger partial charge in [0, 0.05) is 17.4 Å². The van der Waals surface area contributed by atoms with Gasteiger partial charge in [0.15, 0.2) is 6.61 Å². The Kier molecular flexibility index (Phi) is 9.04. The van der Waals surface area contributed by atoms with Crippen molar-refractivity contribution < 1.29 is 23.9 Å². The third kappa shape index (κ3) is 8.69. The molecule has 0 aliphatic rings. The number of anilines is 2. The van der Waals surface area contributed by atoms with E-state index < -0.39 is 5.97 Å². The summed E-state index contributed by atoms with van der Waals surface area (Å²) in [6, 6.07) is 14.2. The first-order valence-electron chi connectivity index (χ1n) is 9.09. The SMILES string of the molecule is CCOC(=O)COc1cccc(NC(=O)CSCC(=O)Nc2ccc(C)cc2)c1. The fourth-order valence-corrected chi connectivity index (χ4v) is 2.89. The lowest BCUT2D eigenvalue weighted by atomic mass is 10.2. The normalized spacial score (nSPS) is 10.1. The van der Waals surface area contributed by atoms with Crippen LogP contribution in [0.3, 0.4) is 0 Å². The van der Waals surface area contributed by atoms with Crippen LogP contribution in [-0.2, 0) is 19.1 Å². The van der Waals surface area contributed by atoms with Crippen molar-refractivity contribution in [3.63, 3.8) is 0 Å². The zero-order valence-corrected chi connectivity index (χ0v) is 17.2. The molecule has 2 N–H and O–H groups in total. The second kappa shape index (κ2) is 11.8. The Balaban J connectivity index is 1.71. The lowest BCUT2D eigenvalue weighted by molar-refractivity contribution is -0.145. The van der Waals surface area contributed by atoms with E-state index in [0.717, 1.165) is 11.3 Å². The molecule has 0 bridgehead atoms. The average Bonchev–Trinajstić information content (AvgIpc) is 2.69. The largest absolute Gasteiger partial charge is 0.482 e. The maximum absolute atomic E-state index is 12.1. The number of thioether (sulfide) groups is 1. The van der Waals surface area contributed by atoms with Crippen molar-refractivity contribution in [2.24, 2.45) is 0 Å². The van der Waals surface area contributed by atoms with Gasteiger partial charge in [-0.2, -0.15) is 0 Å². The van der Waals surface area contributed by atoms with Crippen molar-refractivity contribution in [2.75, 3.05) is 35.4 Å². The Morgan fingerprint density at radius 2 is 1.59 bits per heavy atom. The van der Waals surface area contributed by atoms with E-state index in [0.29, 0.717) is 18.0 Å². The third-order valence-corrected chi connectivity index (χ3v) is 4.51. The summed E-state index contributed by atoms with van der Waals surface area (Å²) in [6.07, 6.45) is 0. The molecule has 0 fully saturated rings. The Morgan fingerprint density at radius 1 is 0.931 bits per heavy atom. The van der Waals surface area contributed by atoms with Gasteiger partial charge >= 0.3 is 5.97 Å². The molecule has 2 aromatic carbocycles. The van der Waals surface area contributed by atoms with Crippen molar-refractivity contribution in [1.29, 1.82) is 0 Å². The molecule has 2 aromatic rings. The number of ether oxygens (including phenoxy) is 2. The van der Waals surface area contributed by atoms with Gasteiger partial charge in [0.05, 0.1) is 18.1 Å². The van der Waals surface area contributed by atoms with Crippen LogP contribution in [0.2, 0.25) is 0 Å². The van der Waals surface area contributed by atoms with Gasteiger partial charge in [-0.1, -0.05) is 23.8 Å². The van der Waals surface area contributed by atoms with Gasteiger partial charge in [0.25, 0.3) is 0 Å². The molecular weight excluding hydrogens is 392 g/mol. The van der Waals surface area contributed by atoms with Gasteiger partial charge in [0.2, 0.25) is 11.8 Å². The molecule has 0 atom stereocenters. The molecule has 2 amide bonds. The fraction of sp³-hybridized carbons (Fsp3) is 0.286. The molecule has 0 aliphatic carbocycles. The Bertz CT molecular complexity index is 839. The van der Waals surface area contributed by atoms with Crippen LogP contribution in [0, 0.1) is 6.92 Å². The topological polar surface area (TPSA) is 93.7 Å². The number of carbonyl (C=O) groups is 3. The number of hydrogen-bond acceptors (Lipinski definition) is 6. The van der Waals surface area contributed by atoms with E-state index >= 15 is 0 Å². The van der Waals surface area contributed by atoms with Gasteiger partial charge in [0.1, 0.15) is 5.75 Å². The summed E-state index contributed by atoms with van der Waals surface area (Å²) in [5.41, 5.74) is 2.38. The molecule has 8 heteroatoms. The summed E-state index contributed by atoms with van der Waals surface area (Å²) in [6.45, 7) is 3.79. The first kappa shape index (κ1) is 22.3. The highest BCUT2D eigenvalue weighted by Gasteiger charge is 2.08. The predicted molar refractivity (Wildman–Crippen MR) is 114 cm³/mol. The van der Waals surface area contributed by atoms with E-state index in [4.69, 9.17) is 9.47 Å². The first-order valence-corrected chi connectivity index (χ1v) is 10.2. The molecule has 0 aromatic heterocycles. The minimum atomic E-state index is -0.456. The highest BCUT2D eigenvalue weighted by molar-refractivity contribution is 8.00. The van der Waals surface area contributed by atoms with Gasteiger partial charge in [-0.15, -0.1) is 11.8 Å². The maximum Gasteiger partial charge on any atom is 0.344 e. The van der Waals surface area contributed by atoms with Crippen LogP contribution in [0.5, 0.6) is 5.75 Å². The smallest absolute Gasteiger partial charge is 0.344 e. The molecule has 7 nitrogen and oxygen atoms in total. The van der Waals surface area contributed by atoms with Gasteiger partial charge in [-0.25, -0.2) is 4.79 Å². The second-order valence-corrected chi connectivity index (χ2v) is 7.06. The van der Waals surface area contributed by atoms with Crippen molar-refractivity contribution in [3.05, 3.63) is 54.1 Å². The van der Waals surface area contributed by atoms with Crippen LogP contribution < -0.4 is 15.4 Å². The van der Waals surface area contributed by atoms with Crippen LogP contribution in [0.15, 0.2) is 48.5 Å². The molecule has 0 heterocycles. The van der Waals surface area contributed by atoms with Crippen LogP contribution in [0.1, 0.15) is 12.5 Å². The number of esters is 1. The second-order valence-electron chi connectivity index (χ2n) is 6.08.